The predicted octanol–water partition coefficient (Wildman–Crippen LogP) is 4.67. The quantitative estimate of drug-likeness (QED) is 0.610. The monoisotopic (exact) mass is 418 g/mol. The first-order valence-corrected chi connectivity index (χ1v) is 9.43. The summed E-state index contributed by atoms with van der Waals surface area (Å²) in [5.74, 6) is 0.0915. The van der Waals surface area contributed by atoms with Gasteiger partial charge in [0, 0.05) is 21.3 Å². The zero-order valence-corrected chi connectivity index (χ0v) is 15.4. The third-order valence-electron chi connectivity index (χ3n) is 3.74. The lowest BCUT2D eigenvalue weighted by Gasteiger charge is -2.19. The molecule has 0 saturated carbocycles. The number of benzene rings is 2. The highest BCUT2D eigenvalue weighted by Gasteiger charge is 2.26. The SMILES string of the molecule is CSc1nnc2c(n1)O[C@@H](c1ccc(F)cc1)Nc1ccc(Br)cc1-2. The topological polar surface area (TPSA) is 59.9 Å². The zero-order valence-electron chi connectivity index (χ0n) is 13.0. The van der Waals surface area contributed by atoms with Crippen molar-refractivity contribution in [1.82, 2.24) is 15.2 Å². The molecule has 0 fully saturated rings. The molecule has 0 amide bonds. The number of ether oxygens (including phenoxy) is 1. The Bertz CT molecular complexity index is 938. The summed E-state index contributed by atoms with van der Waals surface area (Å²) in [4.78, 5) is 4.45. The van der Waals surface area contributed by atoms with Gasteiger partial charge in [0.05, 0.1) is 0 Å². The van der Waals surface area contributed by atoms with E-state index in [0.717, 1.165) is 21.3 Å². The van der Waals surface area contributed by atoms with Gasteiger partial charge in [-0.2, -0.15) is 4.98 Å². The van der Waals surface area contributed by atoms with E-state index in [1.54, 1.807) is 12.1 Å². The summed E-state index contributed by atoms with van der Waals surface area (Å²) in [5, 5.41) is 12.3. The molecule has 2 heterocycles. The van der Waals surface area contributed by atoms with Gasteiger partial charge in [0.2, 0.25) is 11.0 Å². The Morgan fingerprint density at radius 3 is 2.72 bits per heavy atom. The zero-order chi connectivity index (χ0) is 17.4. The minimum Gasteiger partial charge on any atom is -0.448 e. The van der Waals surface area contributed by atoms with E-state index in [-0.39, 0.29) is 5.82 Å². The molecule has 2 aromatic carbocycles. The molecule has 1 aromatic heterocycles. The van der Waals surface area contributed by atoms with Gasteiger partial charge < -0.3 is 10.1 Å². The van der Waals surface area contributed by atoms with Crippen molar-refractivity contribution in [3.8, 4) is 17.1 Å². The molecular formula is C17H12BrFN4OS. The smallest absolute Gasteiger partial charge is 0.247 e. The van der Waals surface area contributed by atoms with Crippen LogP contribution in [0.25, 0.3) is 11.3 Å². The maximum absolute atomic E-state index is 13.3. The van der Waals surface area contributed by atoms with Crippen LogP contribution in [0.5, 0.6) is 5.88 Å². The molecule has 0 radical (unpaired) electrons. The lowest BCUT2D eigenvalue weighted by molar-refractivity contribution is 0.225. The van der Waals surface area contributed by atoms with Gasteiger partial charge in [-0.25, -0.2) is 4.39 Å². The summed E-state index contributed by atoms with van der Waals surface area (Å²) < 4.78 is 20.2. The van der Waals surface area contributed by atoms with Gasteiger partial charge in [-0.05, 0) is 36.6 Å². The molecule has 5 nitrogen and oxygen atoms in total. The van der Waals surface area contributed by atoms with Crippen LogP contribution in [0.15, 0.2) is 52.1 Å². The molecule has 0 aliphatic carbocycles. The Kier molecular flexibility index (Phi) is 4.30. The average Bonchev–Trinajstić information content (AvgIpc) is 2.78. The highest BCUT2D eigenvalue weighted by molar-refractivity contribution is 9.10. The fourth-order valence-electron chi connectivity index (χ4n) is 2.54. The lowest BCUT2D eigenvalue weighted by atomic mass is 10.1. The standard InChI is InChI=1S/C17H12BrFN4OS/c1-25-17-21-16-14(22-23-17)12-8-10(18)4-7-13(12)20-15(24-16)9-2-5-11(19)6-3-9/h2-8,15,20H,1H3/t15-/m0/s1. The van der Waals surface area contributed by atoms with Crippen molar-refractivity contribution >= 4 is 33.4 Å². The molecule has 4 rings (SSSR count). The molecule has 25 heavy (non-hydrogen) atoms. The van der Waals surface area contributed by atoms with Crippen molar-refractivity contribution in [2.75, 3.05) is 11.6 Å². The van der Waals surface area contributed by atoms with E-state index in [4.69, 9.17) is 4.74 Å². The largest absolute Gasteiger partial charge is 0.448 e. The van der Waals surface area contributed by atoms with Gasteiger partial charge in [-0.1, -0.05) is 39.8 Å². The molecule has 3 aromatic rings. The first-order valence-electron chi connectivity index (χ1n) is 7.41. The molecular weight excluding hydrogens is 407 g/mol. The number of anilines is 1. The number of aromatic nitrogens is 3. The van der Waals surface area contributed by atoms with E-state index in [2.05, 4.69) is 36.4 Å². The van der Waals surface area contributed by atoms with Crippen LogP contribution < -0.4 is 10.1 Å². The van der Waals surface area contributed by atoms with Gasteiger partial charge in [0.15, 0.2) is 11.9 Å². The summed E-state index contributed by atoms with van der Waals surface area (Å²) >= 11 is 4.87. The Balaban J connectivity index is 1.87. The predicted molar refractivity (Wildman–Crippen MR) is 98.1 cm³/mol. The van der Waals surface area contributed by atoms with Crippen molar-refractivity contribution in [1.29, 1.82) is 0 Å². The summed E-state index contributed by atoms with van der Waals surface area (Å²) in [6.45, 7) is 0. The lowest BCUT2D eigenvalue weighted by Crippen LogP contribution is -2.17. The van der Waals surface area contributed by atoms with Crippen LogP contribution in [0.1, 0.15) is 11.8 Å². The molecule has 1 aliphatic rings. The molecule has 1 N–H and O–H groups in total. The molecule has 1 aliphatic heterocycles. The van der Waals surface area contributed by atoms with Crippen LogP contribution in [0, 0.1) is 5.82 Å². The third-order valence-corrected chi connectivity index (χ3v) is 4.77. The first-order chi connectivity index (χ1) is 12.1. The number of nitrogens with one attached hydrogen (secondary N) is 1. The second-order valence-electron chi connectivity index (χ2n) is 5.34. The van der Waals surface area contributed by atoms with Gasteiger partial charge >= 0.3 is 0 Å². The Hall–Kier alpha value is -2.19. The first kappa shape index (κ1) is 16.3. The number of halogens is 2. The van der Waals surface area contributed by atoms with Crippen molar-refractivity contribution in [2.45, 2.75) is 11.4 Å². The fourth-order valence-corrected chi connectivity index (χ4v) is 3.20. The van der Waals surface area contributed by atoms with Gasteiger partial charge in [0.25, 0.3) is 0 Å². The Labute approximate surface area is 156 Å². The molecule has 0 unspecified atom stereocenters. The molecule has 1 atom stereocenters. The van der Waals surface area contributed by atoms with Gasteiger partial charge in [0.1, 0.15) is 5.82 Å². The van der Waals surface area contributed by atoms with E-state index >= 15 is 0 Å². The Morgan fingerprint density at radius 2 is 1.96 bits per heavy atom. The molecule has 8 heteroatoms. The van der Waals surface area contributed by atoms with Gasteiger partial charge in [-0.15, -0.1) is 10.2 Å². The molecule has 0 bridgehead atoms. The minimum absolute atomic E-state index is 0.296. The minimum atomic E-state index is -0.520. The van der Waals surface area contributed by atoms with E-state index in [0.29, 0.717) is 16.7 Å². The Morgan fingerprint density at radius 1 is 1.16 bits per heavy atom. The van der Waals surface area contributed by atoms with Crippen LogP contribution in [0.4, 0.5) is 10.1 Å². The normalized spacial score (nSPS) is 15.4. The summed E-state index contributed by atoms with van der Waals surface area (Å²) in [6, 6.07) is 12.0. The number of hydrogen-bond acceptors (Lipinski definition) is 6. The molecule has 126 valence electrons. The maximum atomic E-state index is 13.3. The van der Waals surface area contributed by atoms with E-state index in [9.17, 15) is 4.39 Å². The van der Waals surface area contributed by atoms with Crippen molar-refractivity contribution in [2.24, 2.45) is 0 Å². The van der Waals surface area contributed by atoms with Crippen molar-refractivity contribution < 1.29 is 9.13 Å². The highest BCUT2D eigenvalue weighted by Crippen LogP contribution is 2.40. The highest BCUT2D eigenvalue weighted by atomic mass is 79.9. The summed E-state index contributed by atoms with van der Waals surface area (Å²) in [6.07, 6.45) is 1.36. The average molecular weight is 419 g/mol. The van der Waals surface area contributed by atoms with Crippen LogP contribution in [-0.4, -0.2) is 21.4 Å². The molecule has 0 spiro atoms. The van der Waals surface area contributed by atoms with Gasteiger partial charge in [-0.3, -0.25) is 0 Å². The number of rotatable bonds is 2. The van der Waals surface area contributed by atoms with Crippen LogP contribution in [0.2, 0.25) is 0 Å². The van der Waals surface area contributed by atoms with E-state index in [1.807, 2.05) is 24.5 Å². The summed E-state index contributed by atoms with van der Waals surface area (Å²) in [5.41, 5.74) is 3.02. The third kappa shape index (κ3) is 3.19. The van der Waals surface area contributed by atoms with Crippen LogP contribution >= 0.6 is 27.7 Å². The summed E-state index contributed by atoms with van der Waals surface area (Å²) in [7, 11) is 0. The van der Waals surface area contributed by atoms with E-state index < -0.39 is 6.23 Å². The van der Waals surface area contributed by atoms with Crippen molar-refractivity contribution in [3.05, 3.63) is 58.3 Å². The second kappa shape index (κ2) is 6.61. The molecule has 0 saturated heterocycles. The fraction of sp³-hybridized carbons (Fsp3) is 0.118. The van der Waals surface area contributed by atoms with Crippen LogP contribution in [-0.2, 0) is 0 Å². The number of thioether (sulfide) groups is 1. The second-order valence-corrected chi connectivity index (χ2v) is 7.03. The van der Waals surface area contributed by atoms with E-state index in [1.165, 1.54) is 23.9 Å². The number of nitrogens with zero attached hydrogens (tertiary/aromatic N) is 3. The number of fused-ring (bicyclic) bond motifs is 3. The van der Waals surface area contributed by atoms with Crippen LogP contribution in [0.3, 0.4) is 0 Å². The maximum Gasteiger partial charge on any atom is 0.247 e. The number of hydrogen-bond donors (Lipinski definition) is 1. The van der Waals surface area contributed by atoms with Crippen molar-refractivity contribution in [3.63, 3.8) is 0 Å².